The second-order valence-corrected chi connectivity index (χ2v) is 3.81. The maximum Gasteiger partial charge on any atom is 0.229 e. The van der Waals surface area contributed by atoms with Crippen LogP contribution in [0, 0.1) is 5.41 Å². The molecule has 0 aromatic rings. The molecule has 0 heterocycles. The third-order valence-electron chi connectivity index (χ3n) is 2.56. The number of amidine groups is 1. The van der Waals surface area contributed by atoms with E-state index in [9.17, 15) is 9.18 Å². The van der Waals surface area contributed by atoms with Gasteiger partial charge >= 0.3 is 0 Å². The molecule has 3 unspecified atom stereocenters. The van der Waals surface area contributed by atoms with Crippen molar-refractivity contribution in [1.82, 2.24) is 5.32 Å². The van der Waals surface area contributed by atoms with Crippen molar-refractivity contribution in [3.8, 4) is 0 Å². The fourth-order valence-corrected chi connectivity index (χ4v) is 1.07. The Balaban J connectivity index is 2.50. The van der Waals surface area contributed by atoms with Crippen LogP contribution in [0.5, 0.6) is 0 Å². The van der Waals surface area contributed by atoms with E-state index in [4.69, 9.17) is 10.9 Å². The molecule has 14 heavy (non-hydrogen) atoms. The van der Waals surface area contributed by atoms with E-state index >= 15 is 0 Å². The molecule has 1 rings (SSSR count). The summed E-state index contributed by atoms with van der Waals surface area (Å²) in [5.74, 6) is -0.498. The average molecular weight is 203 g/mol. The lowest BCUT2D eigenvalue weighted by Crippen LogP contribution is -2.45. The quantitative estimate of drug-likeness (QED) is 0.261. The van der Waals surface area contributed by atoms with Crippen LogP contribution in [0.15, 0.2) is 5.16 Å². The van der Waals surface area contributed by atoms with Gasteiger partial charge in [-0.25, -0.2) is 4.39 Å². The second kappa shape index (κ2) is 3.43. The molecule has 1 amide bonds. The van der Waals surface area contributed by atoms with Gasteiger partial charge in [-0.1, -0.05) is 5.16 Å². The maximum absolute atomic E-state index is 12.8. The highest BCUT2D eigenvalue weighted by Crippen LogP contribution is 2.48. The molecule has 3 atom stereocenters. The van der Waals surface area contributed by atoms with E-state index < -0.39 is 23.5 Å². The lowest BCUT2D eigenvalue weighted by atomic mass is 10.1. The lowest BCUT2D eigenvalue weighted by Gasteiger charge is -2.15. The highest BCUT2D eigenvalue weighted by atomic mass is 19.1. The molecule has 4 N–H and O–H groups in total. The van der Waals surface area contributed by atoms with Crippen molar-refractivity contribution in [3.63, 3.8) is 0 Å². The molecule has 0 spiro atoms. The second-order valence-electron chi connectivity index (χ2n) is 3.81. The Morgan fingerprint density at radius 1 is 1.86 bits per heavy atom. The number of nitrogens with one attached hydrogen (secondary N) is 1. The summed E-state index contributed by atoms with van der Waals surface area (Å²) in [6, 6.07) is -0.586. The number of rotatable bonds is 3. The molecule has 6 heteroatoms. The summed E-state index contributed by atoms with van der Waals surface area (Å²) in [6.45, 7) is 3.11. The van der Waals surface area contributed by atoms with Crippen molar-refractivity contribution in [1.29, 1.82) is 0 Å². The molecule has 0 radical (unpaired) electrons. The van der Waals surface area contributed by atoms with Crippen LogP contribution in [-0.4, -0.2) is 29.2 Å². The lowest BCUT2D eigenvalue weighted by molar-refractivity contribution is -0.126. The molecule has 1 fully saturated rings. The van der Waals surface area contributed by atoms with E-state index in [-0.39, 0.29) is 12.3 Å². The van der Waals surface area contributed by atoms with Crippen LogP contribution in [0.4, 0.5) is 4.39 Å². The molecular formula is C8H14FN3O2. The first kappa shape index (κ1) is 10.7. The summed E-state index contributed by atoms with van der Waals surface area (Å²) in [4.78, 5) is 11.4. The minimum Gasteiger partial charge on any atom is -0.409 e. The zero-order valence-electron chi connectivity index (χ0n) is 8.12. The fourth-order valence-electron chi connectivity index (χ4n) is 1.07. The first-order valence-corrected chi connectivity index (χ1v) is 4.34. The van der Waals surface area contributed by atoms with Crippen LogP contribution in [0.3, 0.4) is 0 Å². The number of hydrogen-bond acceptors (Lipinski definition) is 3. The number of amides is 1. The van der Waals surface area contributed by atoms with Gasteiger partial charge in [-0.15, -0.1) is 0 Å². The standard InChI is InChI=1S/C8H14FN3O2/c1-4(6(10)12-14)11-7(13)8(2)3-5(8)9/h4-5,14H,3H2,1-2H3,(H2,10,12)(H,11,13). The van der Waals surface area contributed by atoms with Gasteiger partial charge < -0.3 is 16.3 Å². The number of nitrogens with two attached hydrogens (primary N) is 1. The Bertz CT molecular complexity index is 282. The summed E-state index contributed by atoms with van der Waals surface area (Å²) in [7, 11) is 0. The van der Waals surface area contributed by atoms with Crippen LogP contribution in [0.2, 0.25) is 0 Å². The van der Waals surface area contributed by atoms with E-state index in [0.29, 0.717) is 0 Å². The van der Waals surface area contributed by atoms with Gasteiger partial charge in [0.15, 0.2) is 5.84 Å². The van der Waals surface area contributed by atoms with Crippen LogP contribution < -0.4 is 11.1 Å². The van der Waals surface area contributed by atoms with Gasteiger partial charge in [0.25, 0.3) is 0 Å². The number of carbonyl (C=O) groups is 1. The Kier molecular flexibility index (Phi) is 2.64. The van der Waals surface area contributed by atoms with Gasteiger partial charge in [-0.05, 0) is 20.3 Å². The van der Waals surface area contributed by atoms with Crippen molar-refractivity contribution >= 4 is 11.7 Å². The first-order chi connectivity index (χ1) is 6.41. The summed E-state index contributed by atoms with van der Waals surface area (Å²) >= 11 is 0. The van der Waals surface area contributed by atoms with Crippen molar-refractivity contribution in [2.75, 3.05) is 0 Å². The fraction of sp³-hybridized carbons (Fsp3) is 0.750. The number of hydrogen-bond donors (Lipinski definition) is 3. The van der Waals surface area contributed by atoms with Gasteiger partial charge in [0.2, 0.25) is 5.91 Å². The van der Waals surface area contributed by atoms with E-state index in [1.54, 1.807) is 13.8 Å². The molecule has 0 aliphatic heterocycles. The molecule has 0 aromatic heterocycles. The van der Waals surface area contributed by atoms with Gasteiger partial charge in [0.05, 0.1) is 11.5 Å². The average Bonchev–Trinajstić information content (AvgIpc) is 2.74. The number of oxime groups is 1. The number of carbonyl (C=O) groups excluding carboxylic acids is 1. The Labute approximate surface area is 81.1 Å². The molecule has 80 valence electrons. The number of alkyl halides is 1. The number of nitrogens with zero attached hydrogens (tertiary/aromatic N) is 1. The molecule has 5 nitrogen and oxygen atoms in total. The van der Waals surface area contributed by atoms with E-state index in [1.165, 1.54) is 0 Å². The van der Waals surface area contributed by atoms with Crippen molar-refractivity contribution in [2.24, 2.45) is 16.3 Å². The third-order valence-corrected chi connectivity index (χ3v) is 2.56. The largest absolute Gasteiger partial charge is 0.409 e. The van der Waals surface area contributed by atoms with Crippen molar-refractivity contribution in [3.05, 3.63) is 0 Å². The SMILES string of the molecule is CC(NC(=O)C1(C)CC1F)/C(N)=N/O. The number of halogens is 1. The molecule has 0 bridgehead atoms. The smallest absolute Gasteiger partial charge is 0.229 e. The van der Waals surface area contributed by atoms with E-state index in [2.05, 4.69) is 10.5 Å². The van der Waals surface area contributed by atoms with Crippen molar-refractivity contribution in [2.45, 2.75) is 32.5 Å². The Hall–Kier alpha value is -1.33. The molecule has 1 saturated carbocycles. The summed E-state index contributed by atoms with van der Waals surface area (Å²) in [5, 5.41) is 13.5. The predicted molar refractivity (Wildman–Crippen MR) is 48.6 cm³/mol. The molecule has 0 aromatic carbocycles. The van der Waals surface area contributed by atoms with E-state index in [1.807, 2.05) is 0 Å². The maximum atomic E-state index is 12.8. The van der Waals surface area contributed by atoms with Gasteiger partial charge in [0, 0.05) is 0 Å². The third kappa shape index (κ3) is 1.78. The summed E-state index contributed by atoms with van der Waals surface area (Å²) < 4.78 is 12.8. The summed E-state index contributed by atoms with van der Waals surface area (Å²) in [5.41, 5.74) is 4.33. The Morgan fingerprint density at radius 2 is 2.36 bits per heavy atom. The first-order valence-electron chi connectivity index (χ1n) is 4.34. The highest BCUT2D eigenvalue weighted by molar-refractivity contribution is 5.92. The minimum atomic E-state index is -1.08. The van der Waals surface area contributed by atoms with Crippen LogP contribution in [-0.2, 0) is 4.79 Å². The molecule has 0 saturated heterocycles. The van der Waals surface area contributed by atoms with Crippen LogP contribution in [0.1, 0.15) is 20.3 Å². The topological polar surface area (TPSA) is 87.7 Å². The normalized spacial score (nSPS) is 33.6. The molecule has 1 aliphatic carbocycles. The van der Waals surface area contributed by atoms with Gasteiger partial charge in [0.1, 0.15) is 6.17 Å². The Morgan fingerprint density at radius 3 is 2.71 bits per heavy atom. The zero-order valence-corrected chi connectivity index (χ0v) is 8.12. The molecular weight excluding hydrogens is 189 g/mol. The van der Waals surface area contributed by atoms with E-state index in [0.717, 1.165) is 0 Å². The molecule has 1 aliphatic rings. The van der Waals surface area contributed by atoms with Crippen LogP contribution in [0.25, 0.3) is 0 Å². The predicted octanol–water partition coefficient (Wildman–Crippen LogP) is -0.0144. The monoisotopic (exact) mass is 203 g/mol. The zero-order chi connectivity index (χ0) is 10.9. The minimum absolute atomic E-state index is 0.0991. The van der Waals surface area contributed by atoms with Gasteiger partial charge in [-0.2, -0.15) is 0 Å². The highest BCUT2D eigenvalue weighted by Gasteiger charge is 2.57. The van der Waals surface area contributed by atoms with Crippen molar-refractivity contribution < 1.29 is 14.4 Å². The van der Waals surface area contributed by atoms with Gasteiger partial charge in [-0.3, -0.25) is 4.79 Å². The summed E-state index contributed by atoms with van der Waals surface area (Å²) in [6.07, 6.45) is -0.844. The van der Waals surface area contributed by atoms with Crippen LogP contribution >= 0.6 is 0 Å².